The molecule has 0 spiro atoms. The van der Waals surface area contributed by atoms with Crippen LogP contribution in [0.4, 0.5) is 0 Å². The lowest BCUT2D eigenvalue weighted by Crippen LogP contribution is -2.58. The highest BCUT2D eigenvalue weighted by atomic mass is 16.3. The Morgan fingerprint density at radius 1 is 1.07 bits per heavy atom. The molecule has 0 aromatic rings. The van der Waals surface area contributed by atoms with Gasteiger partial charge in [0, 0.05) is 6.04 Å². The summed E-state index contributed by atoms with van der Waals surface area (Å²) >= 11 is 0. The zero-order valence-electron chi connectivity index (χ0n) is 19.7. The number of aliphatic hydroxyl groups is 2. The maximum atomic E-state index is 11.7. The van der Waals surface area contributed by atoms with E-state index >= 15 is 0 Å². The van der Waals surface area contributed by atoms with Crippen molar-refractivity contribution in [1.82, 2.24) is 5.32 Å². The van der Waals surface area contributed by atoms with E-state index in [-0.39, 0.29) is 23.0 Å². The van der Waals surface area contributed by atoms with E-state index in [4.69, 9.17) is 0 Å². The predicted octanol–water partition coefficient (Wildman–Crippen LogP) is 4.92. The summed E-state index contributed by atoms with van der Waals surface area (Å²) in [6, 6.07) is 0.627. The molecule has 4 aliphatic carbocycles. The van der Waals surface area contributed by atoms with Crippen LogP contribution in [0.5, 0.6) is 0 Å². The van der Waals surface area contributed by atoms with E-state index < -0.39 is 0 Å². The van der Waals surface area contributed by atoms with Gasteiger partial charge in [0.05, 0.1) is 12.2 Å². The second-order valence-electron chi connectivity index (χ2n) is 12.5. The topological polar surface area (TPSA) is 52.5 Å². The molecule has 3 N–H and O–H groups in total. The van der Waals surface area contributed by atoms with Gasteiger partial charge in [-0.15, -0.1) is 0 Å². The van der Waals surface area contributed by atoms with Crippen LogP contribution in [0.3, 0.4) is 0 Å². The van der Waals surface area contributed by atoms with E-state index in [1.807, 2.05) is 0 Å². The second kappa shape index (κ2) is 7.59. The molecule has 11 atom stereocenters. The monoisotopic (exact) mass is 415 g/mol. The quantitative estimate of drug-likeness (QED) is 0.561. The molecule has 0 amide bonds. The lowest BCUT2D eigenvalue weighted by molar-refractivity contribution is -0.138. The summed E-state index contributed by atoms with van der Waals surface area (Å²) in [6.45, 7) is 10.9. The zero-order chi connectivity index (χ0) is 21.3. The molecule has 0 aromatic heterocycles. The van der Waals surface area contributed by atoms with E-state index in [0.29, 0.717) is 29.7 Å². The molecule has 1 saturated heterocycles. The van der Waals surface area contributed by atoms with Crippen LogP contribution in [-0.2, 0) is 0 Å². The van der Waals surface area contributed by atoms with Crippen LogP contribution in [0, 0.1) is 46.3 Å². The average molecular weight is 416 g/mol. The van der Waals surface area contributed by atoms with Gasteiger partial charge in [-0.05, 0) is 111 Å². The van der Waals surface area contributed by atoms with Crippen molar-refractivity contribution in [3.8, 4) is 0 Å². The van der Waals surface area contributed by atoms with E-state index in [9.17, 15) is 10.2 Å². The normalized spacial score (nSPS) is 54.5. The van der Waals surface area contributed by atoms with Gasteiger partial charge in [0.2, 0.25) is 0 Å². The van der Waals surface area contributed by atoms with Gasteiger partial charge >= 0.3 is 0 Å². The number of piperidine rings is 1. The Balaban J connectivity index is 1.40. The second-order valence-corrected chi connectivity index (χ2v) is 12.5. The summed E-state index contributed by atoms with van der Waals surface area (Å²) in [5.74, 6) is 4.06. The molecule has 170 valence electrons. The van der Waals surface area contributed by atoms with Crippen molar-refractivity contribution in [1.29, 1.82) is 0 Å². The number of allylic oxidation sites excluding steroid dienone is 1. The van der Waals surface area contributed by atoms with Crippen LogP contribution in [0.1, 0.15) is 85.5 Å². The summed E-state index contributed by atoms with van der Waals surface area (Å²) in [7, 11) is 0. The minimum Gasteiger partial charge on any atom is -0.393 e. The van der Waals surface area contributed by atoms with Crippen LogP contribution in [0.15, 0.2) is 11.6 Å². The molecule has 30 heavy (non-hydrogen) atoms. The van der Waals surface area contributed by atoms with E-state index in [0.717, 1.165) is 44.1 Å². The van der Waals surface area contributed by atoms with Crippen LogP contribution in [0.25, 0.3) is 0 Å². The number of hydrogen-bond donors (Lipinski definition) is 3. The van der Waals surface area contributed by atoms with Crippen molar-refractivity contribution < 1.29 is 10.2 Å². The van der Waals surface area contributed by atoms with Gasteiger partial charge < -0.3 is 15.5 Å². The molecular weight excluding hydrogens is 370 g/mol. The highest BCUT2D eigenvalue weighted by Crippen LogP contribution is 2.67. The highest BCUT2D eigenvalue weighted by Gasteiger charge is 2.63. The average Bonchev–Trinajstić information content (AvgIpc) is 3.08. The highest BCUT2D eigenvalue weighted by molar-refractivity contribution is 5.26. The van der Waals surface area contributed by atoms with Crippen LogP contribution < -0.4 is 5.32 Å². The van der Waals surface area contributed by atoms with Crippen molar-refractivity contribution in [2.45, 2.75) is 104 Å². The predicted molar refractivity (Wildman–Crippen MR) is 122 cm³/mol. The van der Waals surface area contributed by atoms with Gasteiger partial charge in [0.25, 0.3) is 0 Å². The molecule has 5 aliphatic rings. The molecule has 3 nitrogen and oxygen atoms in total. The fraction of sp³-hybridized carbons (Fsp3) is 0.926. The first-order valence-corrected chi connectivity index (χ1v) is 13.0. The van der Waals surface area contributed by atoms with Crippen LogP contribution in [0.2, 0.25) is 0 Å². The Labute approximate surface area is 184 Å². The molecule has 3 heteroatoms. The molecule has 0 unspecified atom stereocenters. The molecule has 4 fully saturated rings. The molecule has 3 saturated carbocycles. The number of fused-ring (bicyclic) bond motifs is 5. The SMILES string of the molecule is C[C@H]1CC[C@H]([C@@H](C)[C@H]2CC[C@H]3[C@@H]4CC=C5C[C@@H](O)CC[C@]5(C)[C@H]4C[C@H](O)[C@@]23C)NC1. The minimum absolute atomic E-state index is 0.0706. The first-order chi connectivity index (χ1) is 14.2. The van der Waals surface area contributed by atoms with Gasteiger partial charge in [-0.2, -0.15) is 0 Å². The zero-order valence-corrected chi connectivity index (χ0v) is 19.7. The number of hydrogen-bond acceptors (Lipinski definition) is 3. The molecule has 0 radical (unpaired) electrons. The summed E-state index contributed by atoms with van der Waals surface area (Å²) in [5, 5.41) is 25.8. The Bertz CT molecular complexity index is 682. The van der Waals surface area contributed by atoms with Gasteiger partial charge in [-0.25, -0.2) is 0 Å². The molecule has 0 aromatic carbocycles. The molecule has 0 bridgehead atoms. The van der Waals surface area contributed by atoms with Crippen molar-refractivity contribution >= 4 is 0 Å². The first kappa shape index (κ1) is 21.5. The maximum Gasteiger partial charge on any atom is 0.0602 e. The Kier molecular flexibility index (Phi) is 5.43. The third-order valence-corrected chi connectivity index (χ3v) is 11.2. The molecular formula is C27H45NO2. The summed E-state index contributed by atoms with van der Waals surface area (Å²) in [5.41, 5.74) is 1.78. The largest absolute Gasteiger partial charge is 0.393 e. The number of rotatable bonds is 2. The lowest BCUT2D eigenvalue weighted by Gasteiger charge is -2.60. The number of aliphatic hydroxyl groups excluding tert-OH is 2. The van der Waals surface area contributed by atoms with Crippen molar-refractivity contribution in [3.05, 3.63) is 11.6 Å². The summed E-state index contributed by atoms with van der Waals surface area (Å²) < 4.78 is 0. The van der Waals surface area contributed by atoms with Gasteiger partial charge in [-0.3, -0.25) is 0 Å². The summed E-state index contributed by atoms with van der Waals surface area (Å²) in [6.07, 6.45) is 12.5. The third-order valence-electron chi connectivity index (χ3n) is 11.2. The van der Waals surface area contributed by atoms with Gasteiger partial charge in [0.1, 0.15) is 0 Å². The molecule has 1 heterocycles. The smallest absolute Gasteiger partial charge is 0.0602 e. The van der Waals surface area contributed by atoms with E-state index in [1.165, 1.54) is 37.7 Å². The minimum atomic E-state index is -0.177. The van der Waals surface area contributed by atoms with Crippen molar-refractivity contribution in [2.75, 3.05) is 6.54 Å². The Morgan fingerprint density at radius 2 is 1.87 bits per heavy atom. The van der Waals surface area contributed by atoms with Crippen molar-refractivity contribution in [2.24, 2.45) is 46.3 Å². The third kappa shape index (κ3) is 3.09. The maximum absolute atomic E-state index is 11.7. The molecule has 5 rings (SSSR count). The van der Waals surface area contributed by atoms with Gasteiger partial charge in [0.15, 0.2) is 0 Å². The van der Waals surface area contributed by atoms with E-state index in [1.54, 1.807) is 0 Å². The Morgan fingerprint density at radius 3 is 2.60 bits per heavy atom. The van der Waals surface area contributed by atoms with Crippen LogP contribution in [-0.4, -0.2) is 35.0 Å². The van der Waals surface area contributed by atoms with E-state index in [2.05, 4.69) is 39.1 Å². The van der Waals surface area contributed by atoms with Gasteiger partial charge in [-0.1, -0.05) is 39.3 Å². The molecule has 1 aliphatic heterocycles. The Hall–Kier alpha value is -0.380. The van der Waals surface area contributed by atoms with Crippen LogP contribution >= 0.6 is 0 Å². The fourth-order valence-corrected chi connectivity index (χ4v) is 9.25. The summed E-state index contributed by atoms with van der Waals surface area (Å²) in [4.78, 5) is 0. The number of nitrogens with one attached hydrogen (secondary N) is 1. The van der Waals surface area contributed by atoms with Crippen molar-refractivity contribution in [3.63, 3.8) is 0 Å². The lowest BCUT2D eigenvalue weighted by atomic mass is 9.46. The standard InChI is InChI=1S/C27H45NO2/c1-16-5-10-24(28-15-16)17(2)21-8-9-22-20-7-6-18-13-19(29)11-12-26(18,3)23(20)14-25(30)27(21,22)4/h6,16-17,19-25,28-30H,5,7-15H2,1-4H3/t16-,17-,19-,20-,21+,22-,23-,24+,25-,26-,27-/m0/s1. The first-order valence-electron chi connectivity index (χ1n) is 13.0. The fourth-order valence-electron chi connectivity index (χ4n) is 9.25.